The van der Waals surface area contributed by atoms with Crippen LogP contribution in [0.1, 0.15) is 12.8 Å². The molecule has 32 heavy (non-hydrogen) atoms. The molecule has 0 spiro atoms. The molecule has 0 radical (unpaired) electrons. The molecule has 0 aromatic rings. The standard InChI is InChI=1S/C18H37N5O9/c19-3-9-8(25)2-7(22)17(29-9)31-15-5(20)1-6(21)16(14(15)28)32-18-13(27)11(23)12(26)10(4-24)30-18/h5-18,24-28H,1-4,19-23H2/t5-,6-,7+,8-,9+,10-,11-,12-,13-,14-,15-,16+,17+,18-/m1/s1. The average Bonchev–Trinajstić information content (AvgIpc) is 2.75. The summed E-state index contributed by atoms with van der Waals surface area (Å²) in [5, 5.41) is 50.7. The van der Waals surface area contributed by atoms with Gasteiger partial charge in [0.25, 0.3) is 0 Å². The monoisotopic (exact) mass is 467 g/mol. The molecule has 14 heteroatoms. The molecule has 15 N–H and O–H groups in total. The first-order valence-corrected chi connectivity index (χ1v) is 10.8. The smallest absolute Gasteiger partial charge is 0.186 e. The van der Waals surface area contributed by atoms with Gasteiger partial charge in [-0.25, -0.2) is 0 Å². The highest BCUT2D eigenvalue weighted by Crippen LogP contribution is 2.30. The third-order valence-electron chi connectivity index (χ3n) is 6.41. The number of aliphatic hydroxyl groups excluding tert-OH is 5. The van der Waals surface area contributed by atoms with Crippen molar-refractivity contribution in [2.75, 3.05) is 13.2 Å². The number of nitrogens with two attached hydrogens (primary N) is 5. The maximum Gasteiger partial charge on any atom is 0.186 e. The van der Waals surface area contributed by atoms with E-state index in [0.29, 0.717) is 0 Å². The zero-order valence-electron chi connectivity index (χ0n) is 17.7. The van der Waals surface area contributed by atoms with E-state index in [9.17, 15) is 25.5 Å². The van der Waals surface area contributed by atoms with E-state index in [0.717, 1.165) is 0 Å². The van der Waals surface area contributed by atoms with E-state index < -0.39 is 92.2 Å². The highest BCUT2D eigenvalue weighted by Gasteiger charge is 2.50. The van der Waals surface area contributed by atoms with Crippen LogP contribution < -0.4 is 28.7 Å². The first kappa shape index (κ1) is 26.1. The Morgan fingerprint density at radius 3 is 1.84 bits per heavy atom. The molecule has 3 aliphatic rings. The lowest BCUT2D eigenvalue weighted by molar-refractivity contribution is -0.314. The minimum absolute atomic E-state index is 0.0542. The molecule has 2 saturated heterocycles. The Balaban J connectivity index is 1.70. The largest absolute Gasteiger partial charge is 0.394 e. The van der Waals surface area contributed by atoms with Gasteiger partial charge in [-0.1, -0.05) is 0 Å². The van der Waals surface area contributed by atoms with Crippen molar-refractivity contribution >= 4 is 0 Å². The van der Waals surface area contributed by atoms with Crippen LogP contribution >= 0.6 is 0 Å². The van der Waals surface area contributed by atoms with Gasteiger partial charge in [-0.05, 0) is 12.8 Å². The van der Waals surface area contributed by atoms with E-state index in [4.69, 9.17) is 47.6 Å². The van der Waals surface area contributed by atoms with Gasteiger partial charge >= 0.3 is 0 Å². The van der Waals surface area contributed by atoms with Crippen LogP contribution in [0.4, 0.5) is 0 Å². The van der Waals surface area contributed by atoms with Gasteiger partial charge in [-0.3, -0.25) is 0 Å². The van der Waals surface area contributed by atoms with Gasteiger partial charge in [-0.15, -0.1) is 0 Å². The van der Waals surface area contributed by atoms with Crippen molar-refractivity contribution < 1.29 is 44.5 Å². The van der Waals surface area contributed by atoms with Gasteiger partial charge in [0, 0.05) is 18.6 Å². The summed E-state index contributed by atoms with van der Waals surface area (Å²) < 4.78 is 22.7. The fourth-order valence-electron chi connectivity index (χ4n) is 4.43. The fourth-order valence-corrected chi connectivity index (χ4v) is 4.43. The predicted molar refractivity (Wildman–Crippen MR) is 108 cm³/mol. The van der Waals surface area contributed by atoms with Gasteiger partial charge in [0.15, 0.2) is 12.6 Å². The van der Waals surface area contributed by atoms with Crippen LogP contribution in [-0.4, -0.2) is 124 Å². The Morgan fingerprint density at radius 2 is 1.28 bits per heavy atom. The first-order chi connectivity index (χ1) is 15.1. The molecule has 0 amide bonds. The van der Waals surface area contributed by atoms with Crippen LogP contribution in [0.3, 0.4) is 0 Å². The fraction of sp³-hybridized carbons (Fsp3) is 1.00. The van der Waals surface area contributed by atoms with Gasteiger partial charge in [0.1, 0.15) is 36.6 Å². The number of hydrogen-bond acceptors (Lipinski definition) is 14. The average molecular weight is 468 g/mol. The van der Waals surface area contributed by atoms with Crippen LogP contribution in [0, 0.1) is 0 Å². The maximum atomic E-state index is 11.0. The SMILES string of the molecule is NC[C@@H]1O[C@@H](O[C@H]2[C@@H](O)[C@@H](O[C@H]3O[C@H](CO)[C@@H](O)[C@@H](N)[C@H]3O)[C@H](N)C[C@H]2N)[C@@H](N)C[C@H]1O. The third kappa shape index (κ3) is 5.24. The molecule has 14 atom stereocenters. The molecular formula is C18H37N5O9. The van der Waals surface area contributed by atoms with Crippen LogP contribution in [0.5, 0.6) is 0 Å². The Hall–Kier alpha value is -0.560. The molecule has 3 fully saturated rings. The summed E-state index contributed by atoms with van der Waals surface area (Å²) in [5.41, 5.74) is 29.8. The number of ether oxygens (including phenoxy) is 4. The summed E-state index contributed by atoms with van der Waals surface area (Å²) >= 11 is 0. The van der Waals surface area contributed by atoms with Crippen LogP contribution in [0.2, 0.25) is 0 Å². The number of hydrogen-bond donors (Lipinski definition) is 10. The summed E-state index contributed by atoms with van der Waals surface area (Å²) in [6, 6.07) is -3.27. The van der Waals surface area contributed by atoms with E-state index in [1.807, 2.05) is 0 Å². The van der Waals surface area contributed by atoms with Crippen molar-refractivity contribution in [3.8, 4) is 0 Å². The highest BCUT2D eigenvalue weighted by molar-refractivity contribution is 5.01. The molecule has 0 unspecified atom stereocenters. The minimum atomic E-state index is -1.44. The quantitative estimate of drug-likeness (QED) is 0.174. The molecule has 2 heterocycles. The van der Waals surface area contributed by atoms with Crippen LogP contribution in [-0.2, 0) is 18.9 Å². The normalized spacial score (nSPS) is 52.7. The minimum Gasteiger partial charge on any atom is -0.394 e. The first-order valence-electron chi connectivity index (χ1n) is 10.8. The Bertz CT molecular complexity index is 607. The lowest BCUT2D eigenvalue weighted by atomic mass is 9.84. The number of aliphatic hydroxyl groups is 5. The molecular weight excluding hydrogens is 430 g/mol. The molecule has 0 aromatic carbocycles. The molecule has 3 rings (SSSR count). The van der Waals surface area contributed by atoms with Gasteiger partial charge in [0.2, 0.25) is 0 Å². The third-order valence-corrected chi connectivity index (χ3v) is 6.41. The van der Waals surface area contributed by atoms with Gasteiger partial charge < -0.3 is 73.1 Å². The summed E-state index contributed by atoms with van der Waals surface area (Å²) in [5.74, 6) is 0. The lowest BCUT2D eigenvalue weighted by Crippen LogP contribution is -2.68. The molecule has 188 valence electrons. The lowest BCUT2D eigenvalue weighted by Gasteiger charge is -2.47. The molecule has 1 saturated carbocycles. The van der Waals surface area contributed by atoms with E-state index in [-0.39, 0.29) is 19.4 Å². The van der Waals surface area contributed by atoms with Crippen molar-refractivity contribution in [1.82, 2.24) is 0 Å². The highest BCUT2D eigenvalue weighted by atomic mass is 16.7. The van der Waals surface area contributed by atoms with Crippen LogP contribution in [0.15, 0.2) is 0 Å². The number of rotatable bonds is 6. The Kier molecular flexibility index (Phi) is 8.79. The molecule has 1 aliphatic carbocycles. The molecule has 0 bridgehead atoms. The Morgan fingerprint density at radius 1 is 0.719 bits per heavy atom. The van der Waals surface area contributed by atoms with Gasteiger partial charge in [-0.2, -0.15) is 0 Å². The zero-order valence-corrected chi connectivity index (χ0v) is 17.7. The van der Waals surface area contributed by atoms with Crippen molar-refractivity contribution in [3.05, 3.63) is 0 Å². The predicted octanol–water partition coefficient (Wildman–Crippen LogP) is -6.30. The van der Waals surface area contributed by atoms with Crippen molar-refractivity contribution in [2.45, 2.75) is 98.4 Å². The van der Waals surface area contributed by atoms with E-state index in [2.05, 4.69) is 0 Å². The zero-order chi connectivity index (χ0) is 23.7. The van der Waals surface area contributed by atoms with E-state index in [1.165, 1.54) is 0 Å². The Labute approximate surface area is 185 Å². The summed E-state index contributed by atoms with van der Waals surface area (Å²) in [7, 11) is 0. The summed E-state index contributed by atoms with van der Waals surface area (Å²) in [6.07, 6.45) is -10.8. The summed E-state index contributed by atoms with van der Waals surface area (Å²) in [4.78, 5) is 0. The maximum absolute atomic E-state index is 11.0. The van der Waals surface area contributed by atoms with Crippen LogP contribution in [0.25, 0.3) is 0 Å². The second-order valence-electron chi connectivity index (χ2n) is 8.78. The second-order valence-corrected chi connectivity index (χ2v) is 8.78. The van der Waals surface area contributed by atoms with Crippen molar-refractivity contribution in [1.29, 1.82) is 0 Å². The van der Waals surface area contributed by atoms with Crippen molar-refractivity contribution in [2.24, 2.45) is 28.7 Å². The second kappa shape index (κ2) is 10.8. The van der Waals surface area contributed by atoms with E-state index in [1.54, 1.807) is 0 Å². The van der Waals surface area contributed by atoms with Crippen molar-refractivity contribution in [3.63, 3.8) is 0 Å². The summed E-state index contributed by atoms with van der Waals surface area (Å²) in [6.45, 7) is -0.499. The van der Waals surface area contributed by atoms with Gasteiger partial charge in [0.05, 0.1) is 30.9 Å². The molecule has 0 aromatic heterocycles. The molecule has 14 nitrogen and oxygen atoms in total. The topological polar surface area (TPSA) is 268 Å². The molecule has 2 aliphatic heterocycles. The van der Waals surface area contributed by atoms with E-state index >= 15 is 0 Å².